The zero-order valence-electron chi connectivity index (χ0n) is 11.0. The van der Waals surface area contributed by atoms with Gasteiger partial charge in [0.05, 0.1) is 11.3 Å². The summed E-state index contributed by atoms with van der Waals surface area (Å²) in [5, 5.41) is 0. The first-order chi connectivity index (χ1) is 10.1. The van der Waals surface area contributed by atoms with Crippen molar-refractivity contribution in [1.82, 2.24) is 4.57 Å². The molecule has 1 aromatic heterocycles. The summed E-state index contributed by atoms with van der Waals surface area (Å²) in [6.45, 7) is 0. The van der Waals surface area contributed by atoms with Crippen LogP contribution < -0.4 is 0 Å². The molecule has 3 rings (SSSR count). The summed E-state index contributed by atoms with van der Waals surface area (Å²) in [5.74, 6) is 0. The van der Waals surface area contributed by atoms with E-state index in [2.05, 4.69) is 0 Å². The van der Waals surface area contributed by atoms with Crippen LogP contribution in [0.2, 0.25) is 0 Å². The van der Waals surface area contributed by atoms with Crippen molar-refractivity contribution in [2.24, 2.45) is 0 Å². The maximum Gasteiger partial charge on any atom is 0.417 e. The fourth-order valence-corrected chi connectivity index (χ4v) is 2.25. The predicted octanol–water partition coefficient (Wildman–Crippen LogP) is 5.16. The van der Waals surface area contributed by atoms with Gasteiger partial charge in [-0.15, -0.1) is 0 Å². The maximum atomic E-state index is 13.0. The molecule has 0 spiro atoms. The summed E-state index contributed by atoms with van der Waals surface area (Å²) in [6.07, 6.45) is -3.22. The van der Waals surface area contributed by atoms with E-state index in [4.69, 9.17) is 0 Å². The normalized spacial score (nSPS) is 11.6. The molecular formula is C17H12F3N. The lowest BCUT2D eigenvalue weighted by Crippen LogP contribution is -2.02. The monoisotopic (exact) mass is 287 g/mol. The molecule has 0 unspecified atom stereocenters. The highest BCUT2D eigenvalue weighted by molar-refractivity contribution is 5.64. The topological polar surface area (TPSA) is 4.93 Å². The first-order valence-electron chi connectivity index (χ1n) is 6.46. The van der Waals surface area contributed by atoms with Crippen LogP contribution in [0, 0.1) is 0 Å². The number of aromatic nitrogens is 1. The van der Waals surface area contributed by atoms with E-state index in [1.165, 1.54) is 6.07 Å². The molecule has 0 amide bonds. The van der Waals surface area contributed by atoms with Crippen LogP contribution in [-0.4, -0.2) is 4.57 Å². The summed E-state index contributed by atoms with van der Waals surface area (Å²) < 4.78 is 40.6. The van der Waals surface area contributed by atoms with E-state index in [1.807, 2.05) is 24.3 Å². The predicted molar refractivity (Wildman–Crippen MR) is 76.2 cm³/mol. The van der Waals surface area contributed by atoms with Crippen LogP contribution in [0.25, 0.3) is 16.9 Å². The number of hydrogen-bond acceptors (Lipinski definition) is 0. The van der Waals surface area contributed by atoms with Gasteiger partial charge in [0.2, 0.25) is 0 Å². The fourth-order valence-electron chi connectivity index (χ4n) is 2.25. The van der Waals surface area contributed by atoms with Crippen LogP contribution in [0.4, 0.5) is 13.2 Å². The second kappa shape index (κ2) is 5.13. The Labute approximate surface area is 120 Å². The summed E-state index contributed by atoms with van der Waals surface area (Å²) >= 11 is 0. The lowest BCUT2D eigenvalue weighted by Gasteiger charge is -2.09. The van der Waals surface area contributed by atoms with Crippen LogP contribution in [-0.2, 0) is 6.18 Å². The molecule has 4 heteroatoms. The van der Waals surface area contributed by atoms with Gasteiger partial charge in [-0.3, -0.25) is 0 Å². The molecule has 0 bridgehead atoms. The van der Waals surface area contributed by atoms with E-state index in [1.54, 1.807) is 41.0 Å². The van der Waals surface area contributed by atoms with Crippen molar-refractivity contribution in [3.8, 4) is 16.9 Å². The van der Waals surface area contributed by atoms with Crippen LogP contribution in [0.15, 0.2) is 72.9 Å². The van der Waals surface area contributed by atoms with Crippen LogP contribution >= 0.6 is 0 Å². The minimum atomic E-state index is -4.36. The maximum absolute atomic E-state index is 13.0. The van der Waals surface area contributed by atoms with Gasteiger partial charge in [0.1, 0.15) is 0 Å². The summed E-state index contributed by atoms with van der Waals surface area (Å²) in [6, 6.07) is 19.2. The Bertz CT molecular complexity index is 671. The third-order valence-electron chi connectivity index (χ3n) is 3.25. The van der Waals surface area contributed by atoms with Crippen LogP contribution in [0.5, 0.6) is 0 Å². The van der Waals surface area contributed by atoms with Gasteiger partial charge >= 0.3 is 6.18 Å². The van der Waals surface area contributed by atoms with Crippen molar-refractivity contribution in [3.63, 3.8) is 0 Å². The molecule has 1 nitrogen and oxygen atoms in total. The van der Waals surface area contributed by atoms with Crippen molar-refractivity contribution in [2.75, 3.05) is 0 Å². The Kier molecular flexibility index (Phi) is 3.29. The average molecular weight is 287 g/mol. The summed E-state index contributed by atoms with van der Waals surface area (Å²) in [5.41, 5.74) is 1.32. The first kappa shape index (κ1) is 13.5. The Morgan fingerprint density at radius 3 is 1.90 bits per heavy atom. The van der Waals surface area contributed by atoms with Gasteiger partial charge < -0.3 is 4.57 Å². The molecule has 0 saturated heterocycles. The second-order valence-corrected chi connectivity index (χ2v) is 4.68. The molecule has 1 heterocycles. The quantitative estimate of drug-likeness (QED) is 0.613. The van der Waals surface area contributed by atoms with Crippen molar-refractivity contribution < 1.29 is 13.2 Å². The highest BCUT2D eigenvalue weighted by Gasteiger charge is 2.33. The van der Waals surface area contributed by atoms with E-state index < -0.39 is 11.7 Å². The van der Waals surface area contributed by atoms with Gasteiger partial charge in [0, 0.05) is 11.9 Å². The Hall–Kier alpha value is -2.49. The van der Waals surface area contributed by atoms with Gasteiger partial charge in [-0.25, -0.2) is 0 Å². The van der Waals surface area contributed by atoms with E-state index in [9.17, 15) is 13.2 Å². The van der Waals surface area contributed by atoms with E-state index in [0.29, 0.717) is 11.4 Å². The minimum absolute atomic E-state index is 0.522. The second-order valence-electron chi connectivity index (χ2n) is 4.68. The number of rotatable bonds is 2. The fraction of sp³-hybridized carbons (Fsp3) is 0.0588. The molecule has 0 aliphatic rings. The van der Waals surface area contributed by atoms with Crippen molar-refractivity contribution >= 4 is 0 Å². The Morgan fingerprint density at radius 1 is 0.762 bits per heavy atom. The molecule has 0 aliphatic carbocycles. The molecule has 106 valence electrons. The largest absolute Gasteiger partial charge is 0.417 e. The van der Waals surface area contributed by atoms with Crippen molar-refractivity contribution in [3.05, 3.63) is 78.5 Å². The van der Waals surface area contributed by atoms with Crippen LogP contribution in [0.1, 0.15) is 5.56 Å². The van der Waals surface area contributed by atoms with Gasteiger partial charge in [-0.05, 0) is 23.8 Å². The van der Waals surface area contributed by atoms with Gasteiger partial charge in [-0.2, -0.15) is 13.2 Å². The number of halogens is 3. The highest BCUT2D eigenvalue weighted by atomic mass is 19.4. The first-order valence-corrected chi connectivity index (χ1v) is 6.46. The van der Waals surface area contributed by atoms with Crippen molar-refractivity contribution in [2.45, 2.75) is 6.18 Å². The minimum Gasteiger partial charge on any atom is -0.316 e. The highest BCUT2D eigenvalue weighted by Crippen LogP contribution is 2.35. The molecule has 0 N–H and O–H groups in total. The molecule has 2 aromatic carbocycles. The molecule has 0 aliphatic heterocycles. The number of hydrogen-bond donors (Lipinski definition) is 0. The zero-order chi connectivity index (χ0) is 14.9. The van der Waals surface area contributed by atoms with Gasteiger partial charge in [0.25, 0.3) is 0 Å². The van der Waals surface area contributed by atoms with E-state index >= 15 is 0 Å². The molecule has 0 saturated carbocycles. The number of nitrogens with zero attached hydrogens (tertiary/aromatic N) is 1. The standard InChI is InChI=1S/C17H12F3N/c18-17(19,20)14-11-16(13-7-3-1-4-8-13)21(12-14)15-9-5-2-6-10-15/h1-12H. The molecule has 0 radical (unpaired) electrons. The molecule has 21 heavy (non-hydrogen) atoms. The molecular weight excluding hydrogens is 275 g/mol. The zero-order valence-corrected chi connectivity index (χ0v) is 11.0. The summed E-state index contributed by atoms with van der Waals surface area (Å²) in [4.78, 5) is 0. The molecule has 0 atom stereocenters. The average Bonchev–Trinajstić information content (AvgIpc) is 2.94. The number of benzene rings is 2. The molecule has 0 fully saturated rings. The lowest BCUT2D eigenvalue weighted by molar-refractivity contribution is -0.137. The third-order valence-corrected chi connectivity index (χ3v) is 3.25. The summed E-state index contributed by atoms with van der Waals surface area (Å²) in [7, 11) is 0. The van der Waals surface area contributed by atoms with E-state index in [0.717, 1.165) is 11.8 Å². The molecule has 3 aromatic rings. The van der Waals surface area contributed by atoms with Crippen molar-refractivity contribution in [1.29, 1.82) is 0 Å². The Morgan fingerprint density at radius 2 is 1.33 bits per heavy atom. The Balaban J connectivity index is 2.20. The number of para-hydroxylation sites is 1. The number of alkyl halides is 3. The lowest BCUT2D eigenvalue weighted by atomic mass is 10.1. The van der Waals surface area contributed by atoms with E-state index in [-0.39, 0.29) is 0 Å². The SMILES string of the molecule is FC(F)(F)c1cc(-c2ccccc2)n(-c2ccccc2)c1. The smallest absolute Gasteiger partial charge is 0.316 e. The third kappa shape index (κ3) is 2.70. The van der Waals surface area contributed by atoms with Gasteiger partial charge in [0.15, 0.2) is 0 Å². The van der Waals surface area contributed by atoms with Gasteiger partial charge in [-0.1, -0.05) is 48.5 Å². The van der Waals surface area contributed by atoms with Crippen LogP contribution in [0.3, 0.4) is 0 Å².